The van der Waals surface area contributed by atoms with Crippen LogP contribution in [-0.4, -0.2) is 22.1 Å². The highest BCUT2D eigenvalue weighted by molar-refractivity contribution is 5.76. The molecule has 0 bridgehead atoms. The molecule has 5 nitrogen and oxygen atoms in total. The Hall–Kier alpha value is -2.56. The van der Waals surface area contributed by atoms with Crippen molar-refractivity contribution in [3.05, 3.63) is 48.7 Å². The van der Waals surface area contributed by atoms with Gasteiger partial charge < -0.3 is 15.2 Å². The van der Waals surface area contributed by atoms with Gasteiger partial charge >= 0.3 is 5.97 Å². The molecule has 1 heterocycles. The molecule has 0 radical (unpaired) electrons. The first-order valence-electron chi connectivity index (χ1n) is 5.83. The van der Waals surface area contributed by atoms with E-state index < -0.39 is 12.0 Å². The van der Waals surface area contributed by atoms with Crippen LogP contribution in [0.25, 0.3) is 0 Å². The third kappa shape index (κ3) is 3.70. The predicted octanol–water partition coefficient (Wildman–Crippen LogP) is 2.76. The van der Waals surface area contributed by atoms with Gasteiger partial charge in [-0.05, 0) is 25.1 Å². The summed E-state index contributed by atoms with van der Waals surface area (Å²) in [6, 6.07) is 12.1. The van der Waals surface area contributed by atoms with Crippen LogP contribution in [0.4, 0.5) is 5.69 Å². The van der Waals surface area contributed by atoms with E-state index in [1.165, 1.54) is 6.20 Å². The zero-order valence-corrected chi connectivity index (χ0v) is 10.4. The Morgan fingerprint density at radius 2 is 2.00 bits per heavy atom. The minimum absolute atomic E-state index is 0.458. The summed E-state index contributed by atoms with van der Waals surface area (Å²) in [6.07, 6.45) is 1.54. The first kappa shape index (κ1) is 12.9. The fraction of sp³-hybridized carbons (Fsp3) is 0.143. The topological polar surface area (TPSA) is 71.5 Å². The van der Waals surface area contributed by atoms with Crippen LogP contribution in [0.1, 0.15) is 6.92 Å². The fourth-order valence-electron chi connectivity index (χ4n) is 1.45. The SMILES string of the molecule is C[C@H](Nc1ccc(Oc2ccccc2)nc1)C(=O)O. The molecule has 0 aliphatic rings. The highest BCUT2D eigenvalue weighted by Crippen LogP contribution is 2.19. The monoisotopic (exact) mass is 258 g/mol. The number of carboxylic acids is 1. The highest BCUT2D eigenvalue weighted by Gasteiger charge is 2.10. The lowest BCUT2D eigenvalue weighted by molar-refractivity contribution is -0.137. The molecule has 0 fully saturated rings. The molecule has 5 heteroatoms. The number of carboxylic acid groups (broad SMARTS) is 1. The number of ether oxygens (including phenoxy) is 1. The Morgan fingerprint density at radius 3 is 2.58 bits per heavy atom. The zero-order chi connectivity index (χ0) is 13.7. The van der Waals surface area contributed by atoms with Gasteiger partial charge in [0.15, 0.2) is 0 Å². The Bertz CT molecular complexity index is 540. The van der Waals surface area contributed by atoms with Crippen molar-refractivity contribution in [1.82, 2.24) is 4.98 Å². The second-order valence-corrected chi connectivity index (χ2v) is 4.00. The van der Waals surface area contributed by atoms with Crippen LogP contribution in [0.2, 0.25) is 0 Å². The molecular weight excluding hydrogens is 244 g/mol. The van der Waals surface area contributed by atoms with Gasteiger partial charge in [0.1, 0.15) is 11.8 Å². The lowest BCUT2D eigenvalue weighted by atomic mass is 10.3. The summed E-state index contributed by atoms with van der Waals surface area (Å²) in [6.45, 7) is 1.57. The molecule has 2 rings (SSSR count). The van der Waals surface area contributed by atoms with E-state index in [1.54, 1.807) is 19.1 Å². The average Bonchev–Trinajstić information content (AvgIpc) is 2.42. The molecule has 1 atom stereocenters. The molecule has 1 aromatic heterocycles. The van der Waals surface area contributed by atoms with Gasteiger partial charge in [-0.1, -0.05) is 18.2 Å². The molecule has 0 unspecified atom stereocenters. The van der Waals surface area contributed by atoms with Crippen molar-refractivity contribution in [2.24, 2.45) is 0 Å². The van der Waals surface area contributed by atoms with Crippen molar-refractivity contribution in [2.45, 2.75) is 13.0 Å². The maximum Gasteiger partial charge on any atom is 0.325 e. The summed E-state index contributed by atoms with van der Waals surface area (Å²) >= 11 is 0. The number of pyridine rings is 1. The lowest BCUT2D eigenvalue weighted by Crippen LogP contribution is -2.25. The molecule has 0 spiro atoms. The summed E-state index contributed by atoms with van der Waals surface area (Å²) in [5.74, 6) is 0.249. The van der Waals surface area contributed by atoms with Gasteiger partial charge in [-0.3, -0.25) is 4.79 Å². The van der Waals surface area contributed by atoms with Crippen molar-refractivity contribution < 1.29 is 14.6 Å². The van der Waals surface area contributed by atoms with Gasteiger partial charge in [0.2, 0.25) is 5.88 Å². The Morgan fingerprint density at radius 1 is 1.26 bits per heavy atom. The van der Waals surface area contributed by atoms with Crippen LogP contribution in [0.15, 0.2) is 48.7 Å². The molecule has 0 saturated carbocycles. The van der Waals surface area contributed by atoms with E-state index in [0.717, 1.165) is 0 Å². The zero-order valence-electron chi connectivity index (χ0n) is 10.4. The lowest BCUT2D eigenvalue weighted by Gasteiger charge is -2.10. The van der Waals surface area contributed by atoms with Crippen molar-refractivity contribution >= 4 is 11.7 Å². The summed E-state index contributed by atoms with van der Waals surface area (Å²) in [5.41, 5.74) is 0.635. The van der Waals surface area contributed by atoms with Crippen molar-refractivity contribution in [1.29, 1.82) is 0 Å². The number of aromatic nitrogens is 1. The van der Waals surface area contributed by atoms with E-state index in [1.807, 2.05) is 30.3 Å². The molecule has 2 aromatic rings. The Kier molecular flexibility index (Phi) is 3.97. The smallest absolute Gasteiger partial charge is 0.325 e. The van der Waals surface area contributed by atoms with Crippen LogP contribution in [0.5, 0.6) is 11.6 Å². The maximum atomic E-state index is 10.7. The van der Waals surface area contributed by atoms with E-state index in [0.29, 0.717) is 17.3 Å². The first-order valence-corrected chi connectivity index (χ1v) is 5.83. The number of carbonyl (C=O) groups is 1. The summed E-state index contributed by atoms with van der Waals surface area (Å²) < 4.78 is 5.53. The number of anilines is 1. The standard InChI is InChI=1S/C14H14N2O3/c1-10(14(17)18)16-11-7-8-13(15-9-11)19-12-5-3-2-4-6-12/h2-10,16H,1H3,(H,17,18)/t10-/m0/s1. The van der Waals surface area contributed by atoms with Gasteiger partial charge in [-0.25, -0.2) is 4.98 Å². The second kappa shape index (κ2) is 5.86. The molecule has 98 valence electrons. The number of benzene rings is 1. The fourth-order valence-corrected chi connectivity index (χ4v) is 1.45. The van der Waals surface area contributed by atoms with Gasteiger partial charge in [0, 0.05) is 6.07 Å². The summed E-state index contributed by atoms with van der Waals surface area (Å²) in [5, 5.41) is 11.6. The van der Waals surface area contributed by atoms with Gasteiger partial charge in [-0.2, -0.15) is 0 Å². The van der Waals surface area contributed by atoms with Crippen molar-refractivity contribution in [2.75, 3.05) is 5.32 Å². The van der Waals surface area contributed by atoms with E-state index >= 15 is 0 Å². The van der Waals surface area contributed by atoms with E-state index in [9.17, 15) is 4.79 Å². The number of hydrogen-bond acceptors (Lipinski definition) is 4. The number of nitrogens with zero attached hydrogens (tertiary/aromatic N) is 1. The van der Waals surface area contributed by atoms with Crippen LogP contribution in [-0.2, 0) is 4.79 Å². The molecule has 0 aliphatic carbocycles. The number of nitrogens with one attached hydrogen (secondary N) is 1. The van der Waals surface area contributed by atoms with E-state index in [-0.39, 0.29) is 0 Å². The van der Waals surface area contributed by atoms with E-state index in [4.69, 9.17) is 9.84 Å². The molecule has 2 N–H and O–H groups in total. The predicted molar refractivity (Wildman–Crippen MR) is 71.5 cm³/mol. The average molecular weight is 258 g/mol. The quantitative estimate of drug-likeness (QED) is 0.862. The first-order chi connectivity index (χ1) is 9.15. The minimum atomic E-state index is -0.912. The number of hydrogen-bond donors (Lipinski definition) is 2. The molecule has 19 heavy (non-hydrogen) atoms. The normalized spacial score (nSPS) is 11.6. The maximum absolute atomic E-state index is 10.7. The molecule has 0 saturated heterocycles. The summed E-state index contributed by atoms with van der Waals surface area (Å²) in [4.78, 5) is 14.8. The second-order valence-electron chi connectivity index (χ2n) is 4.00. The van der Waals surface area contributed by atoms with Gasteiger partial charge in [-0.15, -0.1) is 0 Å². The molecular formula is C14H14N2O3. The van der Waals surface area contributed by atoms with E-state index in [2.05, 4.69) is 10.3 Å². The largest absolute Gasteiger partial charge is 0.480 e. The highest BCUT2D eigenvalue weighted by atomic mass is 16.5. The van der Waals surface area contributed by atoms with Crippen LogP contribution in [0, 0.1) is 0 Å². The summed E-state index contributed by atoms with van der Waals surface area (Å²) in [7, 11) is 0. The van der Waals surface area contributed by atoms with Crippen LogP contribution < -0.4 is 10.1 Å². The van der Waals surface area contributed by atoms with Crippen molar-refractivity contribution in [3.8, 4) is 11.6 Å². The number of aliphatic carboxylic acids is 1. The third-order valence-corrected chi connectivity index (χ3v) is 2.46. The molecule has 1 aromatic carbocycles. The van der Waals surface area contributed by atoms with Crippen LogP contribution in [0.3, 0.4) is 0 Å². The van der Waals surface area contributed by atoms with Crippen LogP contribution >= 0.6 is 0 Å². The third-order valence-electron chi connectivity index (χ3n) is 2.46. The van der Waals surface area contributed by atoms with Gasteiger partial charge in [0.05, 0.1) is 11.9 Å². The molecule has 0 aliphatic heterocycles. The number of rotatable bonds is 5. The molecule has 0 amide bonds. The number of para-hydroxylation sites is 1. The van der Waals surface area contributed by atoms with Gasteiger partial charge in [0.25, 0.3) is 0 Å². The minimum Gasteiger partial charge on any atom is -0.480 e. The Balaban J connectivity index is 2.01. The van der Waals surface area contributed by atoms with Crippen molar-refractivity contribution in [3.63, 3.8) is 0 Å². The Labute approximate surface area is 110 Å².